The molecule has 2 aliphatic heterocycles. The van der Waals surface area contributed by atoms with Crippen LogP contribution in [0.1, 0.15) is 92.9 Å². The third kappa shape index (κ3) is 9.08. The number of aromatic nitrogens is 1. The average Bonchev–Trinajstić information content (AvgIpc) is 3.29. The van der Waals surface area contributed by atoms with Crippen molar-refractivity contribution in [1.82, 2.24) is 9.47 Å². The lowest BCUT2D eigenvalue weighted by Crippen LogP contribution is -2.39. The molecule has 1 N–H and O–H groups in total. The second-order valence-corrected chi connectivity index (χ2v) is 13.8. The average molecular weight is 649 g/mol. The van der Waals surface area contributed by atoms with Crippen molar-refractivity contribution in [2.75, 3.05) is 24.5 Å². The van der Waals surface area contributed by atoms with Gasteiger partial charge in [0.2, 0.25) is 0 Å². The molecule has 0 spiro atoms. The van der Waals surface area contributed by atoms with Crippen LogP contribution in [0.15, 0.2) is 40.0 Å². The normalized spacial score (nSPS) is 16.5. The van der Waals surface area contributed by atoms with Gasteiger partial charge in [-0.05, 0) is 62.1 Å². The Hall–Kier alpha value is -3.42. The number of aliphatic carboxylic acids is 1. The number of anilines is 1. The number of pyridine rings is 1. The molecule has 2 aromatic rings. The van der Waals surface area contributed by atoms with Crippen LogP contribution in [-0.4, -0.2) is 50.4 Å². The first-order valence-electron chi connectivity index (χ1n) is 16.1. The molecular weight excluding hydrogens is 605 g/mol. The molecule has 2 fully saturated rings. The Bertz CT molecular complexity index is 1500. The van der Waals surface area contributed by atoms with Crippen molar-refractivity contribution in [1.29, 1.82) is 5.26 Å². The van der Waals surface area contributed by atoms with Gasteiger partial charge in [-0.15, -0.1) is 0 Å². The number of piperidine rings is 1. The highest BCUT2D eigenvalue weighted by atomic mass is 32.2. The number of carbonyl (C=O) groups is 2. The molecule has 1 aromatic carbocycles. The first-order chi connectivity index (χ1) is 21.7. The van der Waals surface area contributed by atoms with Crippen LogP contribution in [0.2, 0.25) is 0 Å². The summed E-state index contributed by atoms with van der Waals surface area (Å²) >= 11 is 6.89. The lowest BCUT2D eigenvalue weighted by Gasteiger charge is -2.36. The van der Waals surface area contributed by atoms with Crippen LogP contribution in [-0.2, 0) is 23.1 Å². The third-order valence-corrected chi connectivity index (χ3v) is 10.3. The third-order valence-electron chi connectivity index (χ3n) is 8.92. The minimum Gasteiger partial charge on any atom is -0.481 e. The number of unbranched alkanes of at least 4 members (excludes halogenated alkanes) is 7. The van der Waals surface area contributed by atoms with Gasteiger partial charge in [0.25, 0.3) is 11.5 Å². The molecule has 4 rings (SSSR count). The van der Waals surface area contributed by atoms with Crippen molar-refractivity contribution in [2.24, 2.45) is 13.0 Å². The van der Waals surface area contributed by atoms with Crippen molar-refractivity contribution in [2.45, 2.75) is 84.0 Å². The first kappa shape index (κ1) is 34.5. The number of hydrogen-bond donors (Lipinski definition) is 1. The summed E-state index contributed by atoms with van der Waals surface area (Å²) in [5.41, 5.74) is 2.45. The lowest BCUT2D eigenvalue weighted by atomic mass is 9.90. The zero-order valence-corrected chi connectivity index (χ0v) is 28.1. The number of thiocarbonyl (C=S) groups is 1. The summed E-state index contributed by atoms with van der Waals surface area (Å²) < 4.78 is 2.11. The Morgan fingerprint density at radius 1 is 1.04 bits per heavy atom. The monoisotopic (exact) mass is 648 g/mol. The van der Waals surface area contributed by atoms with Crippen LogP contribution < -0.4 is 10.5 Å². The Morgan fingerprint density at radius 3 is 2.29 bits per heavy atom. The molecule has 0 aliphatic carbocycles. The van der Waals surface area contributed by atoms with Crippen LogP contribution in [0.4, 0.5) is 5.82 Å². The van der Waals surface area contributed by atoms with Crippen molar-refractivity contribution in [3.05, 3.63) is 67.8 Å². The van der Waals surface area contributed by atoms with Gasteiger partial charge in [0.05, 0.1) is 4.91 Å². The molecule has 0 atom stereocenters. The summed E-state index contributed by atoms with van der Waals surface area (Å²) in [6.45, 7) is 3.95. The van der Waals surface area contributed by atoms with Gasteiger partial charge in [0, 0.05) is 38.7 Å². The SMILES string of the molecule is Cc1c(C=C2SC(=S)N(CCCCCCCCCCC(=O)O)C2=O)c(N2CCC(Cc3ccccc3)CC2)n(C)c(=O)c1C#N. The zero-order valence-electron chi connectivity index (χ0n) is 26.4. The van der Waals surface area contributed by atoms with E-state index in [1.165, 1.54) is 17.3 Å². The minimum absolute atomic E-state index is 0.101. The summed E-state index contributed by atoms with van der Waals surface area (Å²) in [6, 6.07) is 12.6. The first-order valence-corrected chi connectivity index (χ1v) is 17.3. The summed E-state index contributed by atoms with van der Waals surface area (Å²) in [5.74, 6) is 0.460. The summed E-state index contributed by atoms with van der Waals surface area (Å²) in [7, 11) is 1.71. The van der Waals surface area contributed by atoms with Crippen LogP contribution >= 0.6 is 24.0 Å². The smallest absolute Gasteiger partial charge is 0.303 e. The maximum atomic E-state index is 13.5. The predicted octanol–water partition coefficient (Wildman–Crippen LogP) is 6.82. The maximum Gasteiger partial charge on any atom is 0.303 e. The second-order valence-electron chi connectivity index (χ2n) is 12.1. The number of thioether (sulfide) groups is 1. The molecule has 2 aliphatic rings. The standard InChI is InChI=1S/C35H44N4O4S2/c1-25-28(23-30-34(43)39(35(44)45-30)19-13-8-6-4-3-5-7-12-16-31(40)41)32(37(2)33(42)29(25)24-36)38-20-17-27(18-21-38)22-26-14-10-9-11-15-26/h9-11,14-15,23,27H,3-8,12-13,16-22H2,1-2H3,(H,40,41). The Labute approximate surface area is 276 Å². The number of benzene rings is 1. The van der Waals surface area contributed by atoms with E-state index in [9.17, 15) is 19.6 Å². The van der Waals surface area contributed by atoms with E-state index in [1.807, 2.05) is 12.1 Å². The van der Waals surface area contributed by atoms with Crippen LogP contribution in [0.25, 0.3) is 6.08 Å². The number of nitriles is 1. The van der Waals surface area contributed by atoms with E-state index in [-0.39, 0.29) is 23.5 Å². The van der Waals surface area contributed by atoms with E-state index < -0.39 is 5.97 Å². The Kier molecular flexibility index (Phi) is 12.8. The molecule has 0 radical (unpaired) electrons. The maximum absolute atomic E-state index is 13.5. The van der Waals surface area contributed by atoms with Gasteiger partial charge < -0.3 is 10.0 Å². The fourth-order valence-electron chi connectivity index (χ4n) is 6.32. The fourth-order valence-corrected chi connectivity index (χ4v) is 7.61. The van der Waals surface area contributed by atoms with Crippen LogP contribution in [0.5, 0.6) is 0 Å². The highest BCUT2D eigenvalue weighted by molar-refractivity contribution is 8.26. The van der Waals surface area contributed by atoms with Gasteiger partial charge in [-0.2, -0.15) is 5.26 Å². The predicted molar refractivity (Wildman–Crippen MR) is 185 cm³/mol. The van der Waals surface area contributed by atoms with E-state index >= 15 is 0 Å². The van der Waals surface area contributed by atoms with Gasteiger partial charge in [0.15, 0.2) is 0 Å². The Morgan fingerprint density at radius 2 is 1.67 bits per heavy atom. The molecule has 0 bridgehead atoms. The van der Waals surface area contributed by atoms with Crippen LogP contribution in [0, 0.1) is 24.2 Å². The van der Waals surface area contributed by atoms with E-state index in [0.29, 0.717) is 27.3 Å². The summed E-state index contributed by atoms with van der Waals surface area (Å²) in [5, 5.41) is 18.6. The van der Waals surface area contributed by atoms with E-state index in [0.717, 1.165) is 95.1 Å². The van der Waals surface area contributed by atoms with Gasteiger partial charge in [-0.1, -0.05) is 92.8 Å². The number of carboxylic acids is 1. The molecule has 0 unspecified atom stereocenters. The number of carboxylic acid groups (broad SMARTS) is 1. The van der Waals surface area contributed by atoms with Crippen molar-refractivity contribution >= 4 is 52.1 Å². The number of carbonyl (C=O) groups excluding carboxylic acids is 1. The van der Waals surface area contributed by atoms with Gasteiger partial charge in [0.1, 0.15) is 21.8 Å². The zero-order chi connectivity index (χ0) is 32.3. The molecule has 3 heterocycles. The Balaban J connectivity index is 1.40. The van der Waals surface area contributed by atoms with Gasteiger partial charge in [-0.25, -0.2) is 0 Å². The molecular formula is C35H44N4O4S2. The topological polar surface area (TPSA) is 107 Å². The summed E-state index contributed by atoms with van der Waals surface area (Å²) in [4.78, 5) is 41.8. The molecule has 10 heteroatoms. The minimum atomic E-state index is -0.729. The molecule has 8 nitrogen and oxygen atoms in total. The van der Waals surface area contributed by atoms with Crippen molar-refractivity contribution in [3.8, 4) is 6.07 Å². The molecule has 2 saturated heterocycles. The number of hydrogen-bond acceptors (Lipinski definition) is 7. The van der Waals surface area contributed by atoms with Crippen LogP contribution in [0.3, 0.4) is 0 Å². The molecule has 1 aromatic heterocycles. The highest BCUT2D eigenvalue weighted by Gasteiger charge is 2.33. The largest absolute Gasteiger partial charge is 0.481 e. The number of amides is 1. The van der Waals surface area contributed by atoms with Gasteiger partial charge in [-0.3, -0.25) is 23.9 Å². The second kappa shape index (κ2) is 16.8. The molecule has 0 saturated carbocycles. The van der Waals surface area contributed by atoms with E-state index in [4.69, 9.17) is 17.3 Å². The van der Waals surface area contributed by atoms with E-state index in [1.54, 1.807) is 23.4 Å². The van der Waals surface area contributed by atoms with Crippen molar-refractivity contribution in [3.63, 3.8) is 0 Å². The number of rotatable bonds is 15. The molecule has 240 valence electrons. The summed E-state index contributed by atoms with van der Waals surface area (Å²) in [6.07, 6.45) is 13.0. The number of nitrogens with zero attached hydrogens (tertiary/aromatic N) is 4. The molecule has 45 heavy (non-hydrogen) atoms. The highest BCUT2D eigenvalue weighted by Crippen LogP contribution is 2.37. The van der Waals surface area contributed by atoms with Gasteiger partial charge >= 0.3 is 5.97 Å². The lowest BCUT2D eigenvalue weighted by molar-refractivity contribution is -0.137. The van der Waals surface area contributed by atoms with E-state index in [2.05, 4.69) is 35.2 Å². The molecule has 1 amide bonds. The fraction of sp³-hybridized carbons (Fsp3) is 0.514. The van der Waals surface area contributed by atoms with Crippen molar-refractivity contribution < 1.29 is 14.7 Å². The quantitative estimate of drug-likeness (QED) is 0.127.